The summed E-state index contributed by atoms with van der Waals surface area (Å²) in [7, 11) is 0. The number of aromatic nitrogens is 1. The number of hydrogen-bond acceptors (Lipinski definition) is 5. The van der Waals surface area contributed by atoms with Crippen LogP contribution in [0.4, 0.5) is 10.8 Å². The largest absolute Gasteiger partial charge is 0.399 e. The lowest BCUT2D eigenvalue weighted by Crippen LogP contribution is -2.09. The lowest BCUT2D eigenvalue weighted by molar-refractivity contribution is 0.167. The summed E-state index contributed by atoms with van der Waals surface area (Å²) in [4.78, 5) is 4.47. The Morgan fingerprint density at radius 3 is 3.17 bits per heavy atom. The smallest absolute Gasteiger partial charge is 0.183 e. The Morgan fingerprint density at radius 2 is 2.39 bits per heavy atom. The summed E-state index contributed by atoms with van der Waals surface area (Å²) in [5, 5.41) is 4.14. The Kier molecular flexibility index (Phi) is 4.17. The number of nitrogens with zero attached hydrogens (tertiary/aromatic N) is 1. The van der Waals surface area contributed by atoms with Crippen molar-refractivity contribution in [3.63, 3.8) is 0 Å². The molecule has 18 heavy (non-hydrogen) atoms. The highest BCUT2D eigenvalue weighted by Gasteiger charge is 2.03. The molecule has 0 bridgehead atoms. The van der Waals surface area contributed by atoms with Gasteiger partial charge in [-0.05, 0) is 25.1 Å². The van der Waals surface area contributed by atoms with Crippen LogP contribution in [0.15, 0.2) is 30.4 Å². The van der Waals surface area contributed by atoms with Crippen LogP contribution < -0.4 is 11.1 Å². The standard InChI is InChI=1S/C13H17N3OS/c1-9(2)8-17-6-5-15-13-16-11-4-3-10(14)7-12(11)18-13/h3-4,7H,1,5-6,8,14H2,2H3,(H,15,16). The first-order valence-corrected chi connectivity index (χ1v) is 6.59. The third kappa shape index (κ3) is 3.45. The Bertz CT molecular complexity index is 550. The molecule has 0 aliphatic heterocycles. The van der Waals surface area contributed by atoms with Crippen molar-refractivity contribution in [3.05, 3.63) is 30.4 Å². The third-order valence-corrected chi connectivity index (χ3v) is 3.26. The Hall–Kier alpha value is -1.59. The normalized spacial score (nSPS) is 10.7. The average molecular weight is 263 g/mol. The van der Waals surface area contributed by atoms with Gasteiger partial charge in [-0.25, -0.2) is 4.98 Å². The summed E-state index contributed by atoms with van der Waals surface area (Å²) in [5.41, 5.74) is 8.50. The zero-order chi connectivity index (χ0) is 13.0. The first kappa shape index (κ1) is 12.9. The van der Waals surface area contributed by atoms with E-state index in [9.17, 15) is 0 Å². The van der Waals surface area contributed by atoms with Crippen molar-refractivity contribution >= 4 is 32.4 Å². The predicted octanol–water partition coefficient (Wildman–Crippen LogP) is 2.88. The topological polar surface area (TPSA) is 60.2 Å². The van der Waals surface area contributed by atoms with Crippen LogP contribution >= 0.6 is 11.3 Å². The minimum Gasteiger partial charge on any atom is -0.399 e. The fraction of sp³-hybridized carbons (Fsp3) is 0.308. The van der Waals surface area contributed by atoms with Gasteiger partial charge in [0.05, 0.1) is 23.4 Å². The molecule has 0 unspecified atom stereocenters. The maximum atomic E-state index is 5.73. The third-order valence-electron chi connectivity index (χ3n) is 2.28. The van der Waals surface area contributed by atoms with E-state index in [0.29, 0.717) is 13.2 Å². The molecular weight excluding hydrogens is 246 g/mol. The van der Waals surface area contributed by atoms with E-state index >= 15 is 0 Å². The molecule has 0 atom stereocenters. The molecule has 0 radical (unpaired) electrons. The van der Waals surface area contributed by atoms with Gasteiger partial charge < -0.3 is 15.8 Å². The summed E-state index contributed by atoms with van der Waals surface area (Å²) in [5.74, 6) is 0. The zero-order valence-corrected chi connectivity index (χ0v) is 11.2. The molecule has 0 spiro atoms. The minimum atomic E-state index is 0.609. The molecule has 0 saturated heterocycles. The summed E-state index contributed by atoms with van der Waals surface area (Å²) in [6, 6.07) is 5.74. The number of nitrogen functional groups attached to an aromatic ring is 1. The molecule has 2 rings (SSSR count). The van der Waals surface area contributed by atoms with Gasteiger partial charge in [-0.3, -0.25) is 0 Å². The second-order valence-corrected chi connectivity index (χ2v) is 5.21. The van der Waals surface area contributed by atoms with Gasteiger partial charge >= 0.3 is 0 Å². The van der Waals surface area contributed by atoms with E-state index in [-0.39, 0.29) is 0 Å². The molecule has 1 heterocycles. The summed E-state index contributed by atoms with van der Waals surface area (Å²) >= 11 is 1.60. The van der Waals surface area contributed by atoms with E-state index in [1.165, 1.54) is 0 Å². The van der Waals surface area contributed by atoms with Gasteiger partial charge in [0.2, 0.25) is 0 Å². The molecule has 96 valence electrons. The molecule has 1 aromatic carbocycles. The maximum Gasteiger partial charge on any atom is 0.183 e. The molecule has 4 nitrogen and oxygen atoms in total. The minimum absolute atomic E-state index is 0.609. The number of benzene rings is 1. The van der Waals surface area contributed by atoms with Crippen LogP contribution in [0.2, 0.25) is 0 Å². The summed E-state index contributed by atoms with van der Waals surface area (Å²) in [6.07, 6.45) is 0. The Morgan fingerprint density at radius 1 is 1.56 bits per heavy atom. The van der Waals surface area contributed by atoms with Gasteiger partial charge in [0.1, 0.15) is 0 Å². The molecule has 0 aliphatic rings. The molecule has 5 heteroatoms. The van der Waals surface area contributed by atoms with Crippen LogP contribution in [0.25, 0.3) is 10.2 Å². The Balaban J connectivity index is 1.86. The van der Waals surface area contributed by atoms with Gasteiger partial charge in [0, 0.05) is 12.2 Å². The van der Waals surface area contributed by atoms with Crippen molar-refractivity contribution in [1.82, 2.24) is 4.98 Å². The monoisotopic (exact) mass is 263 g/mol. The molecule has 3 N–H and O–H groups in total. The number of fused-ring (bicyclic) bond motifs is 1. The van der Waals surface area contributed by atoms with E-state index in [1.54, 1.807) is 11.3 Å². The van der Waals surface area contributed by atoms with Crippen molar-refractivity contribution in [3.8, 4) is 0 Å². The highest BCUT2D eigenvalue weighted by atomic mass is 32.1. The zero-order valence-electron chi connectivity index (χ0n) is 10.4. The number of thiazole rings is 1. The fourth-order valence-corrected chi connectivity index (χ4v) is 2.43. The SMILES string of the molecule is C=C(C)COCCNc1nc2ccc(N)cc2s1. The second kappa shape index (κ2) is 5.84. The molecule has 0 amide bonds. The van der Waals surface area contributed by atoms with Crippen molar-refractivity contribution in [2.75, 3.05) is 30.8 Å². The molecule has 0 saturated carbocycles. The van der Waals surface area contributed by atoms with Gasteiger partial charge in [-0.1, -0.05) is 23.5 Å². The predicted molar refractivity (Wildman–Crippen MR) is 78.2 cm³/mol. The average Bonchev–Trinajstić information content (AvgIpc) is 2.70. The highest BCUT2D eigenvalue weighted by molar-refractivity contribution is 7.22. The van der Waals surface area contributed by atoms with Crippen LogP contribution in [0.5, 0.6) is 0 Å². The molecular formula is C13H17N3OS. The number of anilines is 2. The molecule has 0 aliphatic carbocycles. The fourth-order valence-electron chi connectivity index (χ4n) is 1.49. The number of rotatable bonds is 6. The molecule has 1 aromatic heterocycles. The summed E-state index contributed by atoms with van der Waals surface area (Å²) < 4.78 is 6.50. The lowest BCUT2D eigenvalue weighted by Gasteiger charge is -2.04. The van der Waals surface area contributed by atoms with Crippen molar-refractivity contribution < 1.29 is 4.74 Å². The van der Waals surface area contributed by atoms with Gasteiger partial charge in [0.15, 0.2) is 5.13 Å². The number of nitrogens with two attached hydrogens (primary N) is 1. The van der Waals surface area contributed by atoms with E-state index in [4.69, 9.17) is 10.5 Å². The van der Waals surface area contributed by atoms with Gasteiger partial charge in [-0.2, -0.15) is 0 Å². The molecule has 2 aromatic rings. The number of nitrogens with one attached hydrogen (secondary N) is 1. The van der Waals surface area contributed by atoms with Crippen LogP contribution in [0, 0.1) is 0 Å². The second-order valence-electron chi connectivity index (χ2n) is 4.18. The highest BCUT2D eigenvalue weighted by Crippen LogP contribution is 2.27. The van der Waals surface area contributed by atoms with Crippen LogP contribution in [-0.2, 0) is 4.74 Å². The first-order valence-electron chi connectivity index (χ1n) is 5.77. The van der Waals surface area contributed by atoms with Crippen molar-refractivity contribution in [2.45, 2.75) is 6.92 Å². The van der Waals surface area contributed by atoms with Crippen LogP contribution in [0.3, 0.4) is 0 Å². The lowest BCUT2D eigenvalue weighted by atomic mass is 10.3. The van der Waals surface area contributed by atoms with E-state index in [1.807, 2.05) is 25.1 Å². The molecule has 0 fully saturated rings. The first-order chi connectivity index (χ1) is 8.65. The van der Waals surface area contributed by atoms with Gasteiger partial charge in [0.25, 0.3) is 0 Å². The number of hydrogen-bond donors (Lipinski definition) is 2. The van der Waals surface area contributed by atoms with Crippen LogP contribution in [-0.4, -0.2) is 24.7 Å². The Labute approximate surface area is 110 Å². The van der Waals surface area contributed by atoms with Crippen molar-refractivity contribution in [2.24, 2.45) is 0 Å². The summed E-state index contributed by atoms with van der Waals surface area (Å²) in [6.45, 7) is 7.72. The quantitative estimate of drug-likeness (QED) is 0.478. The van der Waals surface area contributed by atoms with E-state index in [0.717, 1.165) is 33.2 Å². The van der Waals surface area contributed by atoms with Crippen molar-refractivity contribution in [1.29, 1.82) is 0 Å². The van der Waals surface area contributed by atoms with E-state index < -0.39 is 0 Å². The van der Waals surface area contributed by atoms with Gasteiger partial charge in [-0.15, -0.1) is 0 Å². The maximum absolute atomic E-state index is 5.73. The number of ether oxygens (including phenoxy) is 1. The van der Waals surface area contributed by atoms with Crippen LogP contribution in [0.1, 0.15) is 6.92 Å². The van der Waals surface area contributed by atoms with E-state index in [2.05, 4.69) is 16.9 Å².